The number of hydrogen-bond acceptors (Lipinski definition) is 14. The summed E-state index contributed by atoms with van der Waals surface area (Å²) in [5, 5.41) is 13.3. The summed E-state index contributed by atoms with van der Waals surface area (Å²) in [4.78, 5) is 148. The Balaban J connectivity index is 0.000000145. The lowest BCUT2D eigenvalue weighted by atomic mass is 9.90. The monoisotopic (exact) mass is 2090 g/mol. The third-order valence-corrected chi connectivity index (χ3v) is 31.8. The van der Waals surface area contributed by atoms with Gasteiger partial charge in [0.1, 0.15) is 14.2 Å². The second-order valence-corrected chi connectivity index (χ2v) is 42.8. The summed E-state index contributed by atoms with van der Waals surface area (Å²) < 4.78 is 9.51. The van der Waals surface area contributed by atoms with E-state index in [1.54, 1.807) is 23.6 Å². The first kappa shape index (κ1) is 95.9. The molecule has 32 heteroatoms. The van der Waals surface area contributed by atoms with E-state index in [4.69, 9.17) is 44.3 Å². The van der Waals surface area contributed by atoms with E-state index in [-0.39, 0.29) is 92.0 Å². The minimum atomic E-state index is -1.19. The van der Waals surface area contributed by atoms with Crippen molar-refractivity contribution in [1.82, 2.24) is 60.3 Å². The molecular weight excluding hydrogens is 2000 g/mol. The van der Waals surface area contributed by atoms with Crippen LogP contribution in [0.4, 0.5) is 9.59 Å². The molecule has 9 heterocycles. The highest BCUT2D eigenvalue weighted by atomic mass is 79.9. The minimum absolute atomic E-state index is 0.0261. The van der Waals surface area contributed by atoms with Crippen LogP contribution in [0.25, 0.3) is 32.7 Å². The van der Waals surface area contributed by atoms with E-state index in [0.29, 0.717) is 93.2 Å². The maximum atomic E-state index is 15.0. The number of amides is 9. The summed E-state index contributed by atoms with van der Waals surface area (Å²) >= 11 is 33.9. The average Bonchev–Trinajstić information content (AvgIpc) is 1.57. The van der Waals surface area contributed by atoms with Gasteiger partial charge >= 0.3 is 12.2 Å². The maximum Gasteiger partial charge on any atom is 0.407 e. The number of fused-ring (bicyclic) bond motifs is 3. The zero-order valence-corrected chi connectivity index (χ0v) is 83.4. The fourth-order valence-electron chi connectivity index (χ4n) is 19.0. The second-order valence-electron chi connectivity index (χ2n) is 34.5. The van der Waals surface area contributed by atoms with E-state index in [9.17, 15) is 33.6 Å². The fourth-order valence-corrected chi connectivity index (χ4v) is 24.8. The Hall–Kier alpha value is -10.2. The van der Waals surface area contributed by atoms with Gasteiger partial charge in [0.15, 0.2) is 0 Å². The summed E-state index contributed by atoms with van der Waals surface area (Å²) in [5.41, 5.74) is 11.3. The normalized spacial score (nSPS) is 21.6. The Labute approximate surface area is 824 Å². The van der Waals surface area contributed by atoms with Gasteiger partial charge in [0.25, 0.3) is 0 Å². The second kappa shape index (κ2) is 41.6. The number of alkyl carbamates (subject to hydrolysis) is 2. The number of H-pyrrole nitrogens is 3. The van der Waals surface area contributed by atoms with Crippen molar-refractivity contribution in [2.24, 2.45) is 0 Å². The van der Waals surface area contributed by atoms with Gasteiger partial charge in [-0.05, 0) is 180 Å². The number of hydrogen-bond donors (Lipinski definition) is 6. The van der Waals surface area contributed by atoms with E-state index in [1.165, 1.54) is 42.2 Å². The molecule has 12 aromatic rings. The van der Waals surface area contributed by atoms with Crippen molar-refractivity contribution in [2.45, 2.75) is 165 Å². The van der Waals surface area contributed by atoms with Gasteiger partial charge in [0.2, 0.25) is 41.4 Å². The Morgan fingerprint density at radius 3 is 0.932 bits per heavy atom. The van der Waals surface area contributed by atoms with Crippen LogP contribution in [-0.2, 0) is 62.7 Å². The van der Waals surface area contributed by atoms with Crippen molar-refractivity contribution < 1.29 is 52.6 Å². The molecule has 6 N–H and O–H groups in total. The number of nitrogens with one attached hydrogen (secondary N) is 6. The largest absolute Gasteiger partial charge is 0.450 e. The molecule has 690 valence electrons. The molecule has 133 heavy (non-hydrogen) atoms. The third kappa shape index (κ3) is 21.2. The standard InChI is InChI=1S/2C34H34BrClN4O4S.C33H32BrClN4O3S/c2*1-3-44-33(43)38-25-14-15-39(20-25)32(42)34(45-26-11-4-21(2)5-12-26)17-30(41)40(19-22-6-8-23(35)9-7-22)31(34)28-18-37-29-16-24(36)10-13-27(28)29;1-20-3-10-26(11-4-20)43-33(32(42)38-14-13-25(19-38)37-21(2)40)16-30(41)39(18-22-5-7-23(34)8-6-22)31(33)28-17-36-29-15-24(35)9-12-27(28)29/h2*4-13,16,18,25,31,37H,3,14-15,17,19-20H2,1-2H3,(H,38,43);3-12,15,17,25,31,36H,13-14,16,18-19H2,1-2H3,(H,37,40)/t25-,31+,34+;25-,31-,34-;25-,31+,33+/m101/s1. The SMILES string of the molecule is CC(=O)N[C@@H]1CCN(C(=O)[C@]2(Sc3ccc(C)cc3)CC(=O)N(Cc3ccc(Br)cc3)[C@H]2c2c[nH]c3cc(Cl)ccc23)C1.CCOC(=O)N[C@@H]1CCN(C(=O)[C@]2(Sc3ccc(C)cc3)CC(=O)N(Cc3ccc(Br)cc3)[C@H]2c2c[nH]c3cc(Cl)ccc23)C1.CCOC(=O)N[C@H]1CCN(C(=O)[C@]2(Sc3ccc(C)cc3)CC(=O)N(Cc3ccc(Br)cc3)[C@H]2c2c[nH]c3cc(Cl)ccc23)C1. The number of aromatic nitrogens is 3. The fraction of sp³-hybridized carbons (Fsp3) is 0.317. The van der Waals surface area contributed by atoms with E-state index in [1.807, 2.05) is 259 Å². The Morgan fingerprint density at radius 2 is 0.669 bits per heavy atom. The lowest BCUT2D eigenvalue weighted by molar-refractivity contribution is -0.134. The van der Waals surface area contributed by atoms with Crippen molar-refractivity contribution in [3.05, 3.63) is 297 Å². The number of carbonyl (C=O) groups excluding carboxylic acids is 9. The molecule has 9 amide bonds. The van der Waals surface area contributed by atoms with E-state index in [2.05, 4.69) is 78.7 Å². The maximum absolute atomic E-state index is 15.0. The van der Waals surface area contributed by atoms with Gasteiger partial charge in [-0.2, -0.15) is 0 Å². The molecule has 6 fully saturated rings. The number of likely N-dealkylation sites (tertiary alicyclic amines) is 6. The van der Waals surface area contributed by atoms with Crippen LogP contribution in [0.15, 0.2) is 247 Å². The number of rotatable bonds is 23. The number of halogens is 6. The van der Waals surface area contributed by atoms with Crippen LogP contribution >= 0.6 is 118 Å². The Kier molecular flexibility index (Phi) is 30.0. The smallest absolute Gasteiger partial charge is 0.407 e. The van der Waals surface area contributed by atoms with Crippen LogP contribution < -0.4 is 16.0 Å². The highest BCUT2D eigenvalue weighted by Gasteiger charge is 2.64. The van der Waals surface area contributed by atoms with Crippen molar-refractivity contribution in [3.8, 4) is 0 Å². The highest BCUT2D eigenvalue weighted by molar-refractivity contribution is 9.11. The number of thioether (sulfide) groups is 3. The van der Waals surface area contributed by atoms with Gasteiger partial charge in [0.05, 0.1) is 62.7 Å². The van der Waals surface area contributed by atoms with Gasteiger partial charge in [-0.25, -0.2) is 9.59 Å². The van der Waals surface area contributed by atoms with E-state index >= 15 is 9.59 Å². The van der Waals surface area contributed by atoms with E-state index in [0.717, 1.165) is 111 Å². The van der Waals surface area contributed by atoms with Gasteiger partial charge in [-0.1, -0.05) is 190 Å². The summed E-state index contributed by atoms with van der Waals surface area (Å²) in [6, 6.07) is 62.5. The van der Waals surface area contributed by atoms with Crippen LogP contribution in [0.3, 0.4) is 0 Å². The molecule has 18 rings (SSSR count). The lowest BCUT2D eigenvalue weighted by Gasteiger charge is -2.38. The molecule has 6 saturated heterocycles. The molecule has 6 aliphatic heterocycles. The van der Waals surface area contributed by atoms with Crippen LogP contribution in [-0.4, -0.2) is 183 Å². The molecule has 6 aliphatic rings. The number of carbonyl (C=O) groups is 9. The average molecular weight is 2100 g/mol. The van der Waals surface area contributed by atoms with Gasteiger partial charge in [0, 0.05) is 183 Å². The Morgan fingerprint density at radius 1 is 0.398 bits per heavy atom. The topological polar surface area (TPSA) is 275 Å². The molecule has 23 nitrogen and oxygen atoms in total. The van der Waals surface area contributed by atoms with Crippen LogP contribution in [0.1, 0.15) is 127 Å². The zero-order chi connectivity index (χ0) is 93.7. The predicted octanol–water partition coefficient (Wildman–Crippen LogP) is 21.1. The molecule has 3 aromatic heterocycles. The van der Waals surface area contributed by atoms with Crippen molar-refractivity contribution in [1.29, 1.82) is 0 Å². The highest BCUT2D eigenvalue weighted by Crippen LogP contribution is 2.59. The van der Waals surface area contributed by atoms with Gasteiger partial charge < -0.3 is 69.8 Å². The summed E-state index contributed by atoms with van der Waals surface area (Å²) in [6.45, 7) is 15.2. The third-order valence-electron chi connectivity index (χ3n) is 25.2. The molecule has 0 saturated carbocycles. The number of benzene rings is 9. The quantitative estimate of drug-likeness (QED) is 0.0348. The number of aromatic amines is 3. The molecule has 0 radical (unpaired) electrons. The number of ether oxygens (including phenoxy) is 2. The summed E-state index contributed by atoms with van der Waals surface area (Å²) in [6.07, 6.45) is 6.72. The summed E-state index contributed by atoms with van der Waals surface area (Å²) in [5.74, 6) is -0.732. The Bertz CT molecular complexity index is 6110. The number of nitrogens with zero attached hydrogens (tertiary/aromatic N) is 6. The first-order chi connectivity index (χ1) is 63.9. The molecule has 0 bridgehead atoms. The van der Waals surface area contributed by atoms with Crippen molar-refractivity contribution in [2.75, 3.05) is 52.5 Å². The minimum Gasteiger partial charge on any atom is -0.450 e. The van der Waals surface area contributed by atoms with Crippen LogP contribution in [0.5, 0.6) is 0 Å². The van der Waals surface area contributed by atoms with Crippen molar-refractivity contribution >= 4 is 204 Å². The van der Waals surface area contributed by atoms with Crippen LogP contribution in [0, 0.1) is 20.8 Å². The zero-order valence-electron chi connectivity index (χ0n) is 73.9. The lowest BCUT2D eigenvalue weighted by Crippen LogP contribution is -2.50. The molecule has 9 aromatic carbocycles. The number of aryl methyl sites for hydroxylation is 3. The van der Waals surface area contributed by atoms with Crippen LogP contribution in [0.2, 0.25) is 15.1 Å². The van der Waals surface area contributed by atoms with E-state index < -0.39 is 44.6 Å². The van der Waals surface area contributed by atoms with Gasteiger partial charge in [-0.3, -0.25) is 33.6 Å². The van der Waals surface area contributed by atoms with Crippen molar-refractivity contribution in [3.63, 3.8) is 0 Å². The molecule has 0 spiro atoms. The molecule has 0 aliphatic carbocycles. The molecular formula is C101H100Br3Cl3N12O11S3. The molecule has 9 atom stereocenters. The first-order valence-electron chi connectivity index (χ1n) is 44.2. The predicted molar refractivity (Wildman–Crippen MR) is 534 cm³/mol. The van der Waals surface area contributed by atoms with Gasteiger partial charge in [-0.15, -0.1) is 35.3 Å². The first-order valence-corrected chi connectivity index (χ1v) is 50.1. The molecule has 0 unspecified atom stereocenters. The summed E-state index contributed by atoms with van der Waals surface area (Å²) in [7, 11) is 0.